The molecule has 46 valence electrons. The molecule has 0 aromatic carbocycles. The zero-order chi connectivity index (χ0) is 5.11. The first-order chi connectivity index (χ1) is 3.43. The van der Waals surface area contributed by atoms with Gasteiger partial charge < -0.3 is 0 Å². The zero-order valence-corrected chi connectivity index (χ0v) is 8.02. The number of hydrogen-bond acceptors (Lipinski definition) is 3. The maximum absolute atomic E-state index is 4.02. The molecule has 0 bridgehead atoms. The third-order valence-corrected chi connectivity index (χ3v) is 2.85. The van der Waals surface area contributed by atoms with Crippen molar-refractivity contribution in [3.05, 3.63) is 5.51 Å². The summed E-state index contributed by atoms with van der Waals surface area (Å²) in [7, 11) is 0. The molecule has 5 heteroatoms. The maximum atomic E-state index is 4.02. The van der Waals surface area contributed by atoms with Gasteiger partial charge in [0.05, 0.1) is 0 Å². The molecule has 1 aromatic heterocycles. The van der Waals surface area contributed by atoms with E-state index in [9.17, 15) is 0 Å². The van der Waals surface area contributed by atoms with Gasteiger partial charge in [0, 0.05) is 0 Å². The second-order valence-corrected chi connectivity index (χ2v) is 3.60. The van der Waals surface area contributed by atoms with Gasteiger partial charge in [-0.25, -0.2) is 0 Å². The minimum Gasteiger partial charge on any atom is -0.147 e. The number of hydrogen-bond donors (Lipinski definition) is 0. The summed E-state index contributed by atoms with van der Waals surface area (Å²) >= 11 is 1.46. The normalized spacial score (nSPS) is 9.62. The molecular weight excluding hydrogens is 206 g/mol. The standard InChI is InChI=1S/C3H5AsN2S.ClH/c1-4-3-5-2-7-6-3;/h2,4H,1H3;1H. The van der Waals surface area contributed by atoms with Crippen LogP contribution in [0.1, 0.15) is 0 Å². The average Bonchev–Trinajstić information content (AvgIpc) is 2.14. The molecule has 0 aliphatic carbocycles. The van der Waals surface area contributed by atoms with Crippen molar-refractivity contribution >= 4 is 44.3 Å². The molecule has 0 saturated carbocycles. The van der Waals surface area contributed by atoms with Crippen LogP contribution in [0, 0.1) is 0 Å². The van der Waals surface area contributed by atoms with Crippen LogP contribution in [0.4, 0.5) is 0 Å². The van der Waals surface area contributed by atoms with Crippen molar-refractivity contribution < 1.29 is 0 Å². The van der Waals surface area contributed by atoms with E-state index in [4.69, 9.17) is 0 Å². The number of aromatic nitrogens is 2. The van der Waals surface area contributed by atoms with E-state index in [1.165, 1.54) is 11.5 Å². The smallest absolute Gasteiger partial charge is 0.147 e. The zero-order valence-electron chi connectivity index (χ0n) is 4.29. The Labute approximate surface area is 65.0 Å². The van der Waals surface area contributed by atoms with Crippen LogP contribution < -0.4 is 4.61 Å². The molecule has 0 saturated heterocycles. The van der Waals surface area contributed by atoms with Gasteiger partial charge in [-0.15, -0.1) is 12.4 Å². The van der Waals surface area contributed by atoms with Gasteiger partial charge in [-0.3, -0.25) is 0 Å². The third kappa shape index (κ3) is 2.12. The molecule has 0 N–H and O–H groups in total. The van der Waals surface area contributed by atoms with Gasteiger partial charge in [-0.2, -0.15) is 0 Å². The Kier molecular flexibility index (Phi) is 4.52. The van der Waals surface area contributed by atoms with Crippen molar-refractivity contribution in [2.24, 2.45) is 0 Å². The van der Waals surface area contributed by atoms with Gasteiger partial charge in [0.1, 0.15) is 0 Å². The fourth-order valence-corrected chi connectivity index (χ4v) is 2.22. The van der Waals surface area contributed by atoms with Crippen LogP contribution in [-0.4, -0.2) is 25.1 Å². The van der Waals surface area contributed by atoms with Crippen molar-refractivity contribution in [3.8, 4) is 0 Å². The summed E-state index contributed by atoms with van der Waals surface area (Å²) in [5, 5.41) is 0. The van der Waals surface area contributed by atoms with E-state index in [1.54, 1.807) is 5.51 Å². The number of rotatable bonds is 1. The first-order valence-corrected chi connectivity index (χ1v) is 5.86. The van der Waals surface area contributed by atoms with E-state index in [2.05, 4.69) is 15.1 Å². The minimum absolute atomic E-state index is 0. The van der Waals surface area contributed by atoms with Gasteiger partial charge in [-0.05, 0) is 0 Å². The maximum Gasteiger partial charge on any atom is -0.147 e. The summed E-state index contributed by atoms with van der Waals surface area (Å²) in [6.07, 6.45) is 0. The van der Waals surface area contributed by atoms with Crippen molar-refractivity contribution in [2.45, 2.75) is 5.71 Å². The SMILES string of the molecule is C[AsH]c1ncsn1.Cl. The molecule has 0 spiro atoms. The molecule has 1 aromatic rings. The Balaban J connectivity index is 0.000000490. The van der Waals surface area contributed by atoms with Crippen LogP contribution in [-0.2, 0) is 0 Å². The van der Waals surface area contributed by atoms with Crippen LogP contribution in [0.15, 0.2) is 5.51 Å². The monoisotopic (exact) mass is 212 g/mol. The average molecular weight is 213 g/mol. The Bertz CT molecular complexity index is 132. The summed E-state index contributed by atoms with van der Waals surface area (Å²) < 4.78 is 5.09. The van der Waals surface area contributed by atoms with Crippen molar-refractivity contribution in [3.63, 3.8) is 0 Å². The van der Waals surface area contributed by atoms with Crippen molar-refractivity contribution in [1.82, 2.24) is 9.36 Å². The molecule has 0 aliphatic heterocycles. The van der Waals surface area contributed by atoms with E-state index >= 15 is 0 Å². The summed E-state index contributed by atoms with van der Waals surface area (Å²) in [5.74, 6) is 0. The molecule has 0 aliphatic rings. The second kappa shape index (κ2) is 4.30. The molecule has 0 fully saturated rings. The minimum atomic E-state index is 0. The number of halogens is 1. The number of nitrogens with zero attached hydrogens (tertiary/aromatic N) is 2. The summed E-state index contributed by atoms with van der Waals surface area (Å²) in [5.41, 5.74) is 3.95. The molecule has 0 amide bonds. The molecule has 1 heterocycles. The van der Waals surface area contributed by atoms with Crippen molar-refractivity contribution in [1.29, 1.82) is 0 Å². The molecule has 1 rings (SSSR count). The van der Waals surface area contributed by atoms with Gasteiger partial charge in [-0.1, -0.05) is 0 Å². The van der Waals surface area contributed by atoms with Gasteiger partial charge >= 0.3 is 52.5 Å². The van der Waals surface area contributed by atoms with Crippen molar-refractivity contribution in [2.75, 3.05) is 0 Å². The fourth-order valence-electron chi connectivity index (χ4n) is 0.281. The van der Waals surface area contributed by atoms with Crippen LogP contribution in [0.5, 0.6) is 0 Å². The Hall–Kier alpha value is 0.408. The first kappa shape index (κ1) is 8.41. The molecule has 1 atom stereocenters. The summed E-state index contributed by atoms with van der Waals surface area (Å²) in [4.78, 5) is 4.00. The largest absolute Gasteiger partial charge is 0.147 e. The van der Waals surface area contributed by atoms with E-state index in [0.717, 1.165) is 4.61 Å². The third-order valence-electron chi connectivity index (χ3n) is 0.585. The topological polar surface area (TPSA) is 25.8 Å². The van der Waals surface area contributed by atoms with Gasteiger partial charge in [0.2, 0.25) is 0 Å². The Morgan fingerprint density at radius 2 is 2.50 bits per heavy atom. The molecular formula is C3H6AsClN2S. The summed E-state index contributed by atoms with van der Waals surface area (Å²) in [6, 6.07) is 0. The van der Waals surface area contributed by atoms with Crippen LogP contribution in [0.2, 0.25) is 5.71 Å². The van der Waals surface area contributed by atoms with Crippen LogP contribution >= 0.6 is 23.9 Å². The Morgan fingerprint density at radius 1 is 1.75 bits per heavy atom. The molecule has 8 heavy (non-hydrogen) atoms. The van der Waals surface area contributed by atoms with Gasteiger partial charge in [0.25, 0.3) is 0 Å². The Morgan fingerprint density at radius 3 is 2.75 bits per heavy atom. The predicted octanol–water partition coefficient (Wildman–Crippen LogP) is 0.0698. The van der Waals surface area contributed by atoms with E-state index in [-0.39, 0.29) is 28.2 Å². The van der Waals surface area contributed by atoms with Crippen LogP contribution in [0.25, 0.3) is 0 Å². The first-order valence-electron chi connectivity index (χ1n) is 1.87. The molecule has 0 radical (unpaired) electrons. The summed E-state index contributed by atoms with van der Waals surface area (Å²) in [6.45, 7) is 0. The quantitative estimate of drug-likeness (QED) is 0.616. The fraction of sp³-hybridized carbons (Fsp3) is 0.333. The second-order valence-electron chi connectivity index (χ2n) is 1.00. The van der Waals surface area contributed by atoms with Crippen LogP contribution in [0.3, 0.4) is 0 Å². The van der Waals surface area contributed by atoms with E-state index in [1.807, 2.05) is 0 Å². The van der Waals surface area contributed by atoms with Gasteiger partial charge in [0.15, 0.2) is 0 Å². The van der Waals surface area contributed by atoms with E-state index < -0.39 is 0 Å². The molecule has 2 nitrogen and oxygen atoms in total. The molecule has 1 unspecified atom stereocenters. The predicted molar refractivity (Wildman–Crippen MR) is 39.8 cm³/mol. The van der Waals surface area contributed by atoms with E-state index in [0.29, 0.717) is 0 Å².